The van der Waals surface area contributed by atoms with Crippen molar-refractivity contribution in [1.29, 1.82) is 0 Å². The fourth-order valence-corrected chi connectivity index (χ4v) is 14.5. The Morgan fingerprint density at radius 3 is 0.667 bits per heavy atom. The first-order chi connectivity index (χ1) is 49.5. The quantitative estimate of drug-likeness (QED) is 0.0222. The minimum atomic E-state index is -4.96. The molecule has 0 amide bonds. The number of phosphoric ester groups is 2. The van der Waals surface area contributed by atoms with Crippen LogP contribution < -0.4 is 0 Å². The van der Waals surface area contributed by atoms with Crippen LogP contribution in [0.5, 0.6) is 0 Å². The van der Waals surface area contributed by atoms with E-state index in [9.17, 15) is 43.2 Å². The van der Waals surface area contributed by atoms with Gasteiger partial charge in [-0.15, -0.1) is 0 Å². The van der Waals surface area contributed by atoms with E-state index in [0.29, 0.717) is 25.7 Å². The van der Waals surface area contributed by atoms with Crippen molar-refractivity contribution in [3.05, 3.63) is 0 Å². The third kappa shape index (κ3) is 76.3. The second-order valence-electron chi connectivity index (χ2n) is 30.3. The highest BCUT2D eigenvalue weighted by Crippen LogP contribution is 2.45. The third-order valence-electron chi connectivity index (χ3n) is 19.5. The molecule has 0 aliphatic carbocycles. The van der Waals surface area contributed by atoms with E-state index in [4.69, 9.17) is 37.0 Å². The number of hydrogen-bond acceptors (Lipinski definition) is 15. The second kappa shape index (κ2) is 75.9. The van der Waals surface area contributed by atoms with Gasteiger partial charge in [-0.2, -0.15) is 0 Å². The molecule has 0 bridgehead atoms. The first kappa shape index (κ1) is 100. The van der Waals surface area contributed by atoms with Crippen LogP contribution in [0.25, 0.3) is 0 Å². The van der Waals surface area contributed by atoms with Crippen LogP contribution in [-0.2, 0) is 65.4 Å². The van der Waals surface area contributed by atoms with E-state index in [0.717, 1.165) is 95.8 Å². The number of unbranched alkanes of at least 4 members (excludes halogenated alkanes) is 55. The normalized spacial score (nSPS) is 13.8. The first-order valence-corrected chi connectivity index (χ1v) is 46.1. The predicted octanol–water partition coefficient (Wildman–Crippen LogP) is 25.2. The second-order valence-corrected chi connectivity index (χ2v) is 33.3. The van der Waals surface area contributed by atoms with E-state index >= 15 is 0 Å². The zero-order valence-electron chi connectivity index (χ0n) is 66.8. The highest BCUT2D eigenvalue weighted by Gasteiger charge is 2.30. The zero-order chi connectivity index (χ0) is 74.8. The lowest BCUT2D eigenvalue weighted by Gasteiger charge is -2.21. The molecule has 17 nitrogen and oxygen atoms in total. The molecular formula is C83H162O17P2. The molecule has 0 heterocycles. The molecule has 606 valence electrons. The van der Waals surface area contributed by atoms with Crippen LogP contribution in [0.1, 0.15) is 446 Å². The molecule has 0 aromatic heterocycles. The first-order valence-electron chi connectivity index (χ1n) is 43.1. The molecule has 0 spiro atoms. The minimum absolute atomic E-state index is 0.109. The van der Waals surface area contributed by atoms with Gasteiger partial charge in [0.05, 0.1) is 26.4 Å². The number of aliphatic hydroxyl groups is 1. The topological polar surface area (TPSA) is 237 Å². The molecule has 5 atom stereocenters. The lowest BCUT2D eigenvalue weighted by Crippen LogP contribution is -2.30. The van der Waals surface area contributed by atoms with Crippen molar-refractivity contribution in [2.24, 2.45) is 5.92 Å². The van der Waals surface area contributed by atoms with Crippen molar-refractivity contribution in [2.45, 2.75) is 464 Å². The number of rotatable bonds is 83. The van der Waals surface area contributed by atoms with Gasteiger partial charge in [0.2, 0.25) is 0 Å². The Morgan fingerprint density at radius 1 is 0.265 bits per heavy atom. The Morgan fingerprint density at radius 2 is 0.451 bits per heavy atom. The SMILES string of the molecule is CCCCCCCCCCCCCCCCCCCCCCCC(=O)O[C@H](COC(=O)CCCCCCCCCCCCCCCC(C)C)COP(=O)(O)OC[C@@H](O)COP(=O)(O)OC[C@@H](COC(=O)CCCCCCCCCCCC)OC(=O)CCCCCCCCCCCCCCCCC. The number of hydrogen-bond donors (Lipinski definition) is 3. The molecule has 19 heteroatoms. The molecule has 0 radical (unpaired) electrons. The summed E-state index contributed by atoms with van der Waals surface area (Å²) in [5.41, 5.74) is 0. The van der Waals surface area contributed by atoms with Crippen molar-refractivity contribution >= 4 is 39.5 Å². The Bertz CT molecular complexity index is 1940. The van der Waals surface area contributed by atoms with Crippen LogP contribution >= 0.6 is 15.6 Å². The van der Waals surface area contributed by atoms with Crippen molar-refractivity contribution in [3.63, 3.8) is 0 Å². The molecule has 0 aliphatic heterocycles. The van der Waals surface area contributed by atoms with Gasteiger partial charge in [-0.1, -0.05) is 394 Å². The summed E-state index contributed by atoms with van der Waals surface area (Å²) in [7, 11) is -9.92. The number of phosphoric acid groups is 2. The van der Waals surface area contributed by atoms with E-state index < -0.39 is 97.5 Å². The fraction of sp³-hybridized carbons (Fsp3) is 0.952. The summed E-state index contributed by atoms with van der Waals surface area (Å²) in [6.07, 6.45) is 68.0. The van der Waals surface area contributed by atoms with Crippen LogP contribution in [0.2, 0.25) is 0 Å². The number of ether oxygens (including phenoxy) is 4. The van der Waals surface area contributed by atoms with Gasteiger partial charge in [0, 0.05) is 25.7 Å². The van der Waals surface area contributed by atoms with Crippen LogP contribution in [0.3, 0.4) is 0 Å². The number of carbonyl (C=O) groups is 4. The fourth-order valence-electron chi connectivity index (χ4n) is 12.9. The van der Waals surface area contributed by atoms with Crippen LogP contribution in [0.15, 0.2) is 0 Å². The van der Waals surface area contributed by atoms with Gasteiger partial charge in [-0.25, -0.2) is 9.13 Å². The van der Waals surface area contributed by atoms with Crippen molar-refractivity contribution in [3.8, 4) is 0 Å². The Balaban J connectivity index is 5.22. The average molecular weight is 1490 g/mol. The standard InChI is InChI=1S/C83H162O17P2/c1-6-9-12-15-18-21-24-26-28-29-30-31-32-33-35-39-44-49-54-59-64-69-83(88)100-79(73-94-81(86)67-62-57-52-47-42-40-36-37-41-45-50-55-60-65-76(4)5)75-98-102(91,92)96-71-77(84)70-95-101(89,90)97-74-78(72-93-80(85)66-61-56-51-46-23-20-17-14-11-8-3)99-82(87)68-63-58-53-48-43-38-34-27-25-22-19-16-13-10-7-2/h76-79,84H,6-75H2,1-5H3,(H,89,90)(H,91,92)/t77-,78+,79+/m0/s1. The third-order valence-corrected chi connectivity index (χ3v) is 21.4. The summed E-state index contributed by atoms with van der Waals surface area (Å²) in [6, 6.07) is 0. The van der Waals surface area contributed by atoms with Crippen LogP contribution in [0, 0.1) is 5.92 Å². The van der Waals surface area contributed by atoms with Gasteiger partial charge < -0.3 is 33.8 Å². The summed E-state index contributed by atoms with van der Waals surface area (Å²) in [5, 5.41) is 10.7. The van der Waals surface area contributed by atoms with E-state index in [1.54, 1.807) is 0 Å². The van der Waals surface area contributed by atoms with E-state index in [1.807, 2.05) is 0 Å². The molecule has 0 aromatic carbocycles. The minimum Gasteiger partial charge on any atom is -0.462 e. The van der Waals surface area contributed by atoms with Crippen molar-refractivity contribution in [1.82, 2.24) is 0 Å². The predicted molar refractivity (Wildman–Crippen MR) is 418 cm³/mol. The maximum atomic E-state index is 13.1. The van der Waals surface area contributed by atoms with Gasteiger partial charge in [-0.05, 0) is 31.6 Å². The lowest BCUT2D eigenvalue weighted by atomic mass is 10.0. The Kier molecular flexibility index (Phi) is 74.4. The maximum absolute atomic E-state index is 13.1. The summed E-state index contributed by atoms with van der Waals surface area (Å²) in [5.74, 6) is -1.31. The van der Waals surface area contributed by atoms with E-state index in [2.05, 4.69) is 34.6 Å². The molecule has 0 saturated carbocycles. The van der Waals surface area contributed by atoms with Crippen molar-refractivity contribution in [2.75, 3.05) is 39.6 Å². The zero-order valence-corrected chi connectivity index (χ0v) is 68.5. The molecule has 3 N–H and O–H groups in total. The van der Waals surface area contributed by atoms with Gasteiger partial charge in [0.25, 0.3) is 0 Å². The van der Waals surface area contributed by atoms with Gasteiger partial charge in [0.15, 0.2) is 12.2 Å². The Labute approximate surface area is 626 Å². The highest BCUT2D eigenvalue weighted by molar-refractivity contribution is 7.47. The molecule has 0 saturated heterocycles. The molecule has 0 fully saturated rings. The molecule has 0 rings (SSSR count). The summed E-state index contributed by atoms with van der Waals surface area (Å²) < 4.78 is 68.8. The van der Waals surface area contributed by atoms with Gasteiger partial charge in [-0.3, -0.25) is 37.3 Å². The maximum Gasteiger partial charge on any atom is 0.472 e. The average Bonchev–Trinajstić information content (AvgIpc) is 0.910. The van der Waals surface area contributed by atoms with Gasteiger partial charge >= 0.3 is 39.5 Å². The number of aliphatic hydroxyl groups excluding tert-OH is 1. The van der Waals surface area contributed by atoms with Crippen molar-refractivity contribution < 1.29 is 80.2 Å². The van der Waals surface area contributed by atoms with E-state index in [1.165, 1.54) is 270 Å². The number of carbonyl (C=O) groups excluding carboxylic acids is 4. The monoisotopic (exact) mass is 1490 g/mol. The summed E-state index contributed by atoms with van der Waals surface area (Å²) >= 11 is 0. The Hall–Kier alpha value is -1.94. The molecule has 0 aromatic rings. The van der Waals surface area contributed by atoms with Crippen LogP contribution in [0.4, 0.5) is 0 Å². The van der Waals surface area contributed by atoms with E-state index in [-0.39, 0.29) is 25.7 Å². The highest BCUT2D eigenvalue weighted by atomic mass is 31.2. The largest absolute Gasteiger partial charge is 0.472 e. The lowest BCUT2D eigenvalue weighted by molar-refractivity contribution is -0.161. The molecule has 0 aliphatic rings. The van der Waals surface area contributed by atoms with Gasteiger partial charge in [0.1, 0.15) is 19.3 Å². The molecule has 102 heavy (non-hydrogen) atoms. The molecular weight excluding hydrogens is 1330 g/mol. The summed E-state index contributed by atoms with van der Waals surface area (Å²) in [4.78, 5) is 73.1. The molecule has 2 unspecified atom stereocenters. The van der Waals surface area contributed by atoms with Crippen LogP contribution in [-0.4, -0.2) is 96.7 Å². The smallest absolute Gasteiger partial charge is 0.462 e. The summed E-state index contributed by atoms with van der Waals surface area (Å²) in [6.45, 7) is 7.36. The number of esters is 4.